The molecular weight excluding hydrogens is 250 g/mol. The number of rotatable bonds is 6. The van der Waals surface area contributed by atoms with Crippen molar-refractivity contribution < 1.29 is 9.47 Å². The summed E-state index contributed by atoms with van der Waals surface area (Å²) in [6.45, 7) is 4.48. The molecule has 0 aliphatic carbocycles. The Balaban J connectivity index is 1.97. The van der Waals surface area contributed by atoms with Gasteiger partial charge in [0.2, 0.25) is 0 Å². The quantitative estimate of drug-likeness (QED) is 0.861. The summed E-state index contributed by atoms with van der Waals surface area (Å²) in [5.74, 6) is 1.02. The number of benzene rings is 1. The normalized spacial score (nSPS) is 15.3. The Bertz CT molecular complexity index is 409. The Hall–Kier alpha value is -0.770. The molecule has 0 bridgehead atoms. The second-order valence-corrected chi connectivity index (χ2v) is 5.15. The lowest BCUT2D eigenvalue weighted by Crippen LogP contribution is -2.26. The molecule has 0 saturated carbocycles. The number of nitrogens with one attached hydrogen (secondary N) is 1. The zero-order chi connectivity index (χ0) is 13.0. The molecule has 1 aromatic rings. The summed E-state index contributed by atoms with van der Waals surface area (Å²) in [4.78, 5) is 0. The molecule has 0 radical (unpaired) electrons. The van der Waals surface area contributed by atoms with Crippen LogP contribution in [0, 0.1) is 0 Å². The topological polar surface area (TPSA) is 30.5 Å². The van der Waals surface area contributed by atoms with Crippen molar-refractivity contribution in [2.45, 2.75) is 32.4 Å². The zero-order valence-electron chi connectivity index (χ0n) is 11.0. The SMILES string of the molecule is COCCC(C)NCc1cc(Cl)cc2c1OCC2. The average molecular weight is 270 g/mol. The molecule has 3 nitrogen and oxygen atoms in total. The molecule has 100 valence electrons. The van der Waals surface area contributed by atoms with E-state index in [0.29, 0.717) is 6.04 Å². The highest BCUT2D eigenvalue weighted by Crippen LogP contribution is 2.32. The monoisotopic (exact) mass is 269 g/mol. The number of halogens is 1. The summed E-state index contributed by atoms with van der Waals surface area (Å²) in [6, 6.07) is 4.41. The van der Waals surface area contributed by atoms with Gasteiger partial charge < -0.3 is 14.8 Å². The molecule has 1 aromatic carbocycles. The van der Waals surface area contributed by atoms with Gasteiger partial charge in [-0.1, -0.05) is 11.6 Å². The van der Waals surface area contributed by atoms with Crippen molar-refractivity contribution in [2.24, 2.45) is 0 Å². The first-order chi connectivity index (χ1) is 8.70. The van der Waals surface area contributed by atoms with E-state index in [-0.39, 0.29) is 0 Å². The van der Waals surface area contributed by atoms with Crippen molar-refractivity contribution in [3.63, 3.8) is 0 Å². The van der Waals surface area contributed by atoms with Gasteiger partial charge in [0.05, 0.1) is 6.61 Å². The van der Waals surface area contributed by atoms with Crippen LogP contribution in [0.2, 0.25) is 5.02 Å². The van der Waals surface area contributed by atoms with Crippen LogP contribution in [-0.2, 0) is 17.7 Å². The number of hydrogen-bond acceptors (Lipinski definition) is 3. The molecular formula is C14H20ClNO2. The second kappa shape index (κ2) is 6.41. The highest BCUT2D eigenvalue weighted by molar-refractivity contribution is 6.30. The molecule has 2 rings (SSSR count). The molecule has 0 saturated heterocycles. The first kappa shape index (κ1) is 13.7. The largest absolute Gasteiger partial charge is 0.493 e. The number of methoxy groups -OCH3 is 1. The van der Waals surface area contributed by atoms with Gasteiger partial charge in [0, 0.05) is 43.3 Å². The van der Waals surface area contributed by atoms with Crippen molar-refractivity contribution in [3.8, 4) is 5.75 Å². The Kier molecular flexibility index (Phi) is 4.87. The third-order valence-corrected chi connectivity index (χ3v) is 3.44. The number of ether oxygens (including phenoxy) is 2. The third kappa shape index (κ3) is 3.37. The lowest BCUT2D eigenvalue weighted by Gasteiger charge is -2.15. The third-order valence-electron chi connectivity index (χ3n) is 3.22. The second-order valence-electron chi connectivity index (χ2n) is 4.72. The van der Waals surface area contributed by atoms with Crippen molar-refractivity contribution in [1.29, 1.82) is 0 Å². The summed E-state index contributed by atoms with van der Waals surface area (Å²) >= 11 is 6.12. The molecule has 0 amide bonds. The van der Waals surface area contributed by atoms with E-state index in [1.54, 1.807) is 7.11 Å². The Labute approximate surface area is 113 Å². The highest BCUT2D eigenvalue weighted by Gasteiger charge is 2.17. The predicted octanol–water partition coefficient (Wildman–Crippen LogP) is 2.79. The van der Waals surface area contributed by atoms with E-state index >= 15 is 0 Å². The smallest absolute Gasteiger partial charge is 0.127 e. The van der Waals surface area contributed by atoms with Crippen LogP contribution in [0.25, 0.3) is 0 Å². The first-order valence-corrected chi connectivity index (χ1v) is 6.75. The maximum atomic E-state index is 6.12. The first-order valence-electron chi connectivity index (χ1n) is 6.37. The van der Waals surface area contributed by atoms with E-state index in [4.69, 9.17) is 21.1 Å². The van der Waals surface area contributed by atoms with Gasteiger partial charge in [-0.15, -0.1) is 0 Å². The fraction of sp³-hybridized carbons (Fsp3) is 0.571. The van der Waals surface area contributed by atoms with Crippen LogP contribution in [0.15, 0.2) is 12.1 Å². The van der Waals surface area contributed by atoms with Crippen LogP contribution in [0.5, 0.6) is 5.75 Å². The lowest BCUT2D eigenvalue weighted by molar-refractivity contribution is 0.184. The van der Waals surface area contributed by atoms with Crippen molar-refractivity contribution >= 4 is 11.6 Å². The molecule has 1 aliphatic heterocycles. The van der Waals surface area contributed by atoms with E-state index in [0.717, 1.165) is 48.9 Å². The molecule has 1 unspecified atom stereocenters. The molecule has 1 N–H and O–H groups in total. The number of hydrogen-bond donors (Lipinski definition) is 1. The van der Waals surface area contributed by atoms with E-state index in [9.17, 15) is 0 Å². The molecule has 4 heteroatoms. The van der Waals surface area contributed by atoms with E-state index in [1.807, 2.05) is 12.1 Å². The summed E-state index contributed by atoms with van der Waals surface area (Å²) in [6.07, 6.45) is 1.96. The Morgan fingerprint density at radius 2 is 2.33 bits per heavy atom. The van der Waals surface area contributed by atoms with Crippen molar-refractivity contribution in [3.05, 3.63) is 28.3 Å². The van der Waals surface area contributed by atoms with Crippen LogP contribution in [-0.4, -0.2) is 26.4 Å². The van der Waals surface area contributed by atoms with E-state index < -0.39 is 0 Å². The predicted molar refractivity (Wildman–Crippen MR) is 73.4 cm³/mol. The molecule has 1 atom stereocenters. The van der Waals surface area contributed by atoms with Crippen LogP contribution in [0.1, 0.15) is 24.5 Å². The van der Waals surface area contributed by atoms with Gasteiger partial charge in [0.1, 0.15) is 5.75 Å². The van der Waals surface area contributed by atoms with Crippen molar-refractivity contribution in [1.82, 2.24) is 5.32 Å². The molecule has 1 heterocycles. The maximum Gasteiger partial charge on any atom is 0.127 e. The molecule has 0 spiro atoms. The molecule has 0 aromatic heterocycles. The van der Waals surface area contributed by atoms with Gasteiger partial charge in [-0.25, -0.2) is 0 Å². The minimum atomic E-state index is 0.418. The van der Waals surface area contributed by atoms with E-state index in [1.165, 1.54) is 5.56 Å². The van der Waals surface area contributed by atoms with Crippen LogP contribution in [0.3, 0.4) is 0 Å². The number of fused-ring (bicyclic) bond motifs is 1. The van der Waals surface area contributed by atoms with Gasteiger partial charge in [0.25, 0.3) is 0 Å². The van der Waals surface area contributed by atoms with Crippen LogP contribution < -0.4 is 10.1 Å². The minimum Gasteiger partial charge on any atom is -0.493 e. The molecule has 1 aliphatic rings. The van der Waals surface area contributed by atoms with Crippen LogP contribution >= 0.6 is 11.6 Å². The zero-order valence-corrected chi connectivity index (χ0v) is 11.7. The summed E-state index contributed by atoms with van der Waals surface area (Å²) in [7, 11) is 1.73. The summed E-state index contributed by atoms with van der Waals surface area (Å²) < 4.78 is 10.7. The van der Waals surface area contributed by atoms with Gasteiger partial charge >= 0.3 is 0 Å². The summed E-state index contributed by atoms with van der Waals surface area (Å²) in [5, 5.41) is 4.26. The Morgan fingerprint density at radius 3 is 3.11 bits per heavy atom. The molecule has 18 heavy (non-hydrogen) atoms. The van der Waals surface area contributed by atoms with Gasteiger partial charge in [-0.05, 0) is 31.0 Å². The van der Waals surface area contributed by atoms with Gasteiger partial charge in [0.15, 0.2) is 0 Å². The standard InChI is InChI=1S/C14H20ClNO2/c1-10(3-5-17-2)16-9-12-8-13(15)7-11-4-6-18-14(11)12/h7-8,10,16H,3-6,9H2,1-2H3. The average Bonchev–Trinajstić information content (AvgIpc) is 2.81. The van der Waals surface area contributed by atoms with E-state index in [2.05, 4.69) is 12.2 Å². The maximum absolute atomic E-state index is 6.12. The summed E-state index contributed by atoms with van der Waals surface area (Å²) in [5.41, 5.74) is 2.38. The Morgan fingerprint density at radius 1 is 1.50 bits per heavy atom. The lowest BCUT2D eigenvalue weighted by atomic mass is 10.1. The van der Waals surface area contributed by atoms with Gasteiger partial charge in [-0.2, -0.15) is 0 Å². The van der Waals surface area contributed by atoms with Gasteiger partial charge in [-0.3, -0.25) is 0 Å². The highest BCUT2D eigenvalue weighted by atomic mass is 35.5. The van der Waals surface area contributed by atoms with Crippen LogP contribution in [0.4, 0.5) is 0 Å². The fourth-order valence-corrected chi connectivity index (χ4v) is 2.42. The van der Waals surface area contributed by atoms with Crippen molar-refractivity contribution in [2.75, 3.05) is 20.3 Å². The fourth-order valence-electron chi connectivity index (χ4n) is 2.16. The minimum absolute atomic E-state index is 0.418. The molecule has 0 fully saturated rings.